The number of hydrogen-bond donors (Lipinski definition) is 0. The van der Waals surface area contributed by atoms with Crippen LogP contribution in [-0.2, 0) is 4.74 Å². The molecular weight excluding hydrogens is 395 g/mol. The van der Waals surface area contributed by atoms with E-state index in [-0.39, 0.29) is 17.7 Å². The van der Waals surface area contributed by atoms with Crippen LogP contribution in [0.2, 0.25) is 0 Å². The van der Waals surface area contributed by atoms with E-state index < -0.39 is 5.97 Å². The zero-order valence-electron chi connectivity index (χ0n) is 15.6. The largest absolute Gasteiger partial charge is 0.490 e. The summed E-state index contributed by atoms with van der Waals surface area (Å²) in [6.45, 7) is 3.48. The average Bonchev–Trinajstić information content (AvgIpc) is 3.28. The van der Waals surface area contributed by atoms with Gasteiger partial charge in [0.15, 0.2) is 16.5 Å². The predicted molar refractivity (Wildman–Crippen MR) is 108 cm³/mol. The molecule has 0 unspecified atom stereocenters. The highest BCUT2D eigenvalue weighted by Gasteiger charge is 2.33. The number of hydrogen-bond acceptors (Lipinski definition) is 7. The average molecular weight is 412 g/mol. The molecule has 1 aliphatic heterocycles. The van der Waals surface area contributed by atoms with Crippen molar-refractivity contribution in [2.75, 3.05) is 24.6 Å². The van der Waals surface area contributed by atoms with Gasteiger partial charge in [-0.3, -0.25) is 0 Å². The summed E-state index contributed by atoms with van der Waals surface area (Å²) in [6.07, 6.45) is -0.245. The molecule has 1 aliphatic rings. The van der Waals surface area contributed by atoms with E-state index in [1.165, 1.54) is 23.5 Å². The number of halogens is 1. The second kappa shape index (κ2) is 7.04. The van der Waals surface area contributed by atoms with Crippen molar-refractivity contribution in [2.24, 2.45) is 0 Å². The first kappa shape index (κ1) is 17.9. The third kappa shape index (κ3) is 3.29. The predicted octanol–water partition coefficient (Wildman–Crippen LogP) is 4.63. The molecule has 3 heterocycles. The molecule has 0 spiro atoms. The number of benzene rings is 2. The Balaban J connectivity index is 1.25. The lowest BCUT2D eigenvalue weighted by atomic mass is 10.2. The van der Waals surface area contributed by atoms with E-state index in [0.29, 0.717) is 31.0 Å². The molecule has 29 heavy (non-hydrogen) atoms. The van der Waals surface area contributed by atoms with Crippen molar-refractivity contribution in [1.82, 2.24) is 4.98 Å². The third-order valence-corrected chi connectivity index (χ3v) is 5.82. The first-order chi connectivity index (χ1) is 14.1. The maximum Gasteiger partial charge on any atom is 0.374 e. The minimum Gasteiger partial charge on any atom is -0.490 e. The summed E-state index contributed by atoms with van der Waals surface area (Å²) in [5, 5.41) is 1.59. The smallest absolute Gasteiger partial charge is 0.374 e. The Morgan fingerprint density at radius 1 is 1.31 bits per heavy atom. The number of ether oxygens (including phenoxy) is 2. The zero-order chi connectivity index (χ0) is 20.0. The Morgan fingerprint density at radius 2 is 2.17 bits per heavy atom. The van der Waals surface area contributed by atoms with Gasteiger partial charge in [-0.15, -0.1) is 0 Å². The fraction of sp³-hybridized carbons (Fsp3) is 0.238. The van der Waals surface area contributed by atoms with Gasteiger partial charge < -0.3 is 18.8 Å². The Labute approximate surface area is 169 Å². The van der Waals surface area contributed by atoms with E-state index in [1.54, 1.807) is 18.2 Å². The summed E-state index contributed by atoms with van der Waals surface area (Å²) >= 11 is 1.42. The second-order valence-electron chi connectivity index (χ2n) is 6.76. The summed E-state index contributed by atoms with van der Waals surface area (Å²) in [6, 6.07) is 11.7. The number of para-hydroxylation sites is 1. The quantitative estimate of drug-likeness (QED) is 0.446. The summed E-state index contributed by atoms with van der Waals surface area (Å²) in [5.41, 5.74) is 1.30. The number of thiazole rings is 1. The van der Waals surface area contributed by atoms with Crippen LogP contribution in [0, 0.1) is 5.82 Å². The lowest BCUT2D eigenvalue weighted by Crippen LogP contribution is -2.53. The van der Waals surface area contributed by atoms with Crippen LogP contribution >= 0.6 is 11.3 Å². The standard InChI is InChI=1S/C21H17FN2O4S/c1-2-26-16-5-3-4-12-8-17(28-19(12)16)20(25)27-14-10-24(11-14)21-23-15-7-6-13(22)9-18(15)29-21/h3-9,14H,2,10-11H2,1H3. The molecule has 0 bridgehead atoms. The topological polar surface area (TPSA) is 64.8 Å². The third-order valence-electron chi connectivity index (χ3n) is 4.74. The van der Waals surface area contributed by atoms with E-state index in [1.807, 2.05) is 24.0 Å². The summed E-state index contributed by atoms with van der Waals surface area (Å²) in [7, 11) is 0. The van der Waals surface area contributed by atoms with Crippen LogP contribution in [0.4, 0.5) is 9.52 Å². The number of esters is 1. The van der Waals surface area contributed by atoms with Gasteiger partial charge in [-0.05, 0) is 37.3 Å². The minimum absolute atomic E-state index is 0.154. The fourth-order valence-corrected chi connectivity index (χ4v) is 4.31. The number of carbonyl (C=O) groups excluding carboxylic acids is 1. The molecule has 0 amide bonds. The van der Waals surface area contributed by atoms with Crippen LogP contribution in [-0.4, -0.2) is 36.8 Å². The molecular formula is C21H17FN2O4S. The number of rotatable bonds is 5. The molecule has 0 aliphatic carbocycles. The van der Waals surface area contributed by atoms with Crippen molar-refractivity contribution in [1.29, 1.82) is 0 Å². The second-order valence-corrected chi connectivity index (χ2v) is 7.77. The first-order valence-electron chi connectivity index (χ1n) is 9.28. The lowest BCUT2D eigenvalue weighted by Gasteiger charge is -2.37. The van der Waals surface area contributed by atoms with Gasteiger partial charge in [-0.1, -0.05) is 23.5 Å². The van der Waals surface area contributed by atoms with Gasteiger partial charge in [0.2, 0.25) is 5.76 Å². The van der Waals surface area contributed by atoms with Crippen LogP contribution in [0.25, 0.3) is 21.2 Å². The first-order valence-corrected chi connectivity index (χ1v) is 10.1. The van der Waals surface area contributed by atoms with Gasteiger partial charge in [0.05, 0.1) is 29.9 Å². The minimum atomic E-state index is -0.500. The molecule has 2 aromatic carbocycles. The fourth-order valence-electron chi connectivity index (χ4n) is 3.31. The number of anilines is 1. The molecule has 5 rings (SSSR count). The summed E-state index contributed by atoms with van der Waals surface area (Å²) in [4.78, 5) is 19.0. The van der Waals surface area contributed by atoms with Crippen molar-refractivity contribution < 1.29 is 23.1 Å². The molecule has 0 N–H and O–H groups in total. The lowest BCUT2D eigenvalue weighted by molar-refractivity contribution is 0.0202. The highest BCUT2D eigenvalue weighted by atomic mass is 32.1. The number of nitrogens with zero attached hydrogens (tertiary/aromatic N) is 2. The van der Waals surface area contributed by atoms with Crippen LogP contribution < -0.4 is 9.64 Å². The summed E-state index contributed by atoms with van der Waals surface area (Å²) < 4.78 is 30.9. The van der Waals surface area contributed by atoms with Crippen LogP contribution in [0.3, 0.4) is 0 Å². The van der Waals surface area contributed by atoms with Crippen molar-refractivity contribution >= 4 is 43.6 Å². The monoisotopic (exact) mass is 412 g/mol. The van der Waals surface area contributed by atoms with Crippen molar-refractivity contribution in [3.05, 3.63) is 54.0 Å². The maximum absolute atomic E-state index is 13.3. The van der Waals surface area contributed by atoms with E-state index in [0.717, 1.165) is 20.7 Å². The molecule has 0 saturated carbocycles. The molecule has 0 atom stereocenters. The number of carbonyl (C=O) groups is 1. The Hall–Kier alpha value is -3.13. The van der Waals surface area contributed by atoms with E-state index >= 15 is 0 Å². The SMILES string of the molecule is CCOc1cccc2cc(C(=O)OC3CN(c4nc5ccc(F)cc5s4)C3)oc12. The highest BCUT2D eigenvalue weighted by Crippen LogP contribution is 2.33. The van der Waals surface area contributed by atoms with E-state index in [9.17, 15) is 9.18 Å². The highest BCUT2D eigenvalue weighted by molar-refractivity contribution is 7.22. The van der Waals surface area contributed by atoms with Gasteiger partial charge in [-0.2, -0.15) is 0 Å². The van der Waals surface area contributed by atoms with Gasteiger partial charge in [0.1, 0.15) is 11.9 Å². The van der Waals surface area contributed by atoms with E-state index in [2.05, 4.69) is 4.98 Å². The molecule has 8 heteroatoms. The van der Waals surface area contributed by atoms with Crippen molar-refractivity contribution in [3.8, 4) is 5.75 Å². The normalized spacial score (nSPS) is 14.3. The molecule has 2 aromatic heterocycles. The Bertz CT molecular complexity index is 1210. The van der Waals surface area contributed by atoms with Crippen LogP contribution in [0.5, 0.6) is 5.75 Å². The van der Waals surface area contributed by atoms with Gasteiger partial charge in [0.25, 0.3) is 0 Å². The Morgan fingerprint density at radius 3 is 3.00 bits per heavy atom. The maximum atomic E-state index is 13.3. The van der Waals surface area contributed by atoms with Crippen LogP contribution in [0.1, 0.15) is 17.5 Å². The van der Waals surface area contributed by atoms with Gasteiger partial charge in [-0.25, -0.2) is 14.2 Å². The van der Waals surface area contributed by atoms with Crippen LogP contribution in [0.15, 0.2) is 46.9 Å². The molecule has 148 valence electrons. The summed E-state index contributed by atoms with van der Waals surface area (Å²) in [5.74, 6) is -0.0201. The molecule has 1 fully saturated rings. The molecule has 0 radical (unpaired) electrons. The zero-order valence-corrected chi connectivity index (χ0v) is 16.4. The molecule has 6 nitrogen and oxygen atoms in total. The van der Waals surface area contributed by atoms with Crippen molar-refractivity contribution in [3.63, 3.8) is 0 Å². The molecule has 4 aromatic rings. The molecule has 1 saturated heterocycles. The van der Waals surface area contributed by atoms with Gasteiger partial charge >= 0.3 is 5.97 Å². The number of fused-ring (bicyclic) bond motifs is 2. The Kier molecular flexibility index (Phi) is 4.35. The van der Waals surface area contributed by atoms with Crippen molar-refractivity contribution in [2.45, 2.75) is 13.0 Å². The number of aromatic nitrogens is 1. The van der Waals surface area contributed by atoms with E-state index in [4.69, 9.17) is 13.9 Å². The van der Waals surface area contributed by atoms with Gasteiger partial charge in [0, 0.05) is 5.39 Å². The number of furan rings is 1.